The minimum atomic E-state index is -0.0469. The zero-order valence-corrected chi connectivity index (χ0v) is 9.93. The van der Waals surface area contributed by atoms with Crippen molar-refractivity contribution in [3.05, 3.63) is 22.4 Å². The number of hydrogen-bond acceptors (Lipinski definition) is 2. The standard InChI is InChI=1S/C10H14BrN3O/c11-7-4-9(13-5-7)10(15)14-6-8-2-1-3-12-8/h4-5,8,12-13H,1-3,6H2,(H,14,15). The van der Waals surface area contributed by atoms with Gasteiger partial charge >= 0.3 is 0 Å². The van der Waals surface area contributed by atoms with Crippen LogP contribution in [0.15, 0.2) is 16.7 Å². The van der Waals surface area contributed by atoms with Crippen molar-refractivity contribution in [2.24, 2.45) is 0 Å². The van der Waals surface area contributed by atoms with E-state index in [0.717, 1.165) is 17.4 Å². The van der Waals surface area contributed by atoms with E-state index in [9.17, 15) is 4.79 Å². The molecule has 0 bridgehead atoms. The Balaban J connectivity index is 1.81. The highest BCUT2D eigenvalue weighted by atomic mass is 79.9. The summed E-state index contributed by atoms with van der Waals surface area (Å²) < 4.78 is 0.895. The van der Waals surface area contributed by atoms with Gasteiger partial charge in [0.15, 0.2) is 0 Å². The van der Waals surface area contributed by atoms with Crippen molar-refractivity contribution in [2.75, 3.05) is 13.1 Å². The van der Waals surface area contributed by atoms with E-state index in [1.54, 1.807) is 12.3 Å². The number of amides is 1. The van der Waals surface area contributed by atoms with Crippen LogP contribution in [-0.4, -0.2) is 30.0 Å². The van der Waals surface area contributed by atoms with Gasteiger partial charge in [0.2, 0.25) is 0 Å². The predicted octanol–water partition coefficient (Wildman–Crippen LogP) is 1.26. The Morgan fingerprint density at radius 2 is 2.53 bits per heavy atom. The van der Waals surface area contributed by atoms with Crippen LogP contribution in [0.1, 0.15) is 23.3 Å². The summed E-state index contributed by atoms with van der Waals surface area (Å²) in [6.45, 7) is 1.77. The number of aromatic amines is 1. The number of carbonyl (C=O) groups excluding carboxylic acids is 1. The Hall–Kier alpha value is -0.810. The normalized spacial score (nSPS) is 20.5. The molecular formula is C10H14BrN3O. The van der Waals surface area contributed by atoms with Gasteiger partial charge in [-0.1, -0.05) is 0 Å². The minimum absolute atomic E-state index is 0.0469. The first-order chi connectivity index (χ1) is 7.25. The number of rotatable bonds is 3. The lowest BCUT2D eigenvalue weighted by atomic mass is 10.2. The van der Waals surface area contributed by atoms with Crippen molar-refractivity contribution in [3.63, 3.8) is 0 Å². The molecule has 15 heavy (non-hydrogen) atoms. The summed E-state index contributed by atoms with van der Waals surface area (Å²) >= 11 is 3.29. The van der Waals surface area contributed by atoms with Crippen molar-refractivity contribution in [1.82, 2.24) is 15.6 Å². The molecule has 1 atom stereocenters. The fourth-order valence-corrected chi connectivity index (χ4v) is 2.08. The van der Waals surface area contributed by atoms with Crippen molar-refractivity contribution < 1.29 is 4.79 Å². The van der Waals surface area contributed by atoms with E-state index in [-0.39, 0.29) is 5.91 Å². The van der Waals surface area contributed by atoms with Crippen LogP contribution in [0.4, 0.5) is 0 Å². The molecular weight excluding hydrogens is 258 g/mol. The molecule has 2 rings (SSSR count). The Morgan fingerprint density at radius 1 is 1.67 bits per heavy atom. The van der Waals surface area contributed by atoms with Crippen LogP contribution in [0.3, 0.4) is 0 Å². The maximum absolute atomic E-state index is 11.6. The number of H-pyrrole nitrogens is 1. The topological polar surface area (TPSA) is 56.9 Å². The molecule has 0 saturated carbocycles. The second-order valence-corrected chi connectivity index (χ2v) is 4.65. The molecule has 1 aromatic rings. The highest BCUT2D eigenvalue weighted by Crippen LogP contribution is 2.10. The molecule has 0 spiro atoms. The Morgan fingerprint density at radius 3 is 3.13 bits per heavy atom. The molecule has 1 unspecified atom stereocenters. The molecule has 1 saturated heterocycles. The van der Waals surface area contributed by atoms with Gasteiger partial charge in [0.1, 0.15) is 5.69 Å². The first-order valence-electron chi connectivity index (χ1n) is 5.11. The molecule has 0 radical (unpaired) electrons. The second kappa shape index (κ2) is 4.81. The van der Waals surface area contributed by atoms with Crippen molar-refractivity contribution >= 4 is 21.8 Å². The molecule has 2 heterocycles. The van der Waals surface area contributed by atoms with Crippen molar-refractivity contribution in [2.45, 2.75) is 18.9 Å². The predicted molar refractivity (Wildman–Crippen MR) is 61.9 cm³/mol. The van der Waals surface area contributed by atoms with Crippen LogP contribution in [0.5, 0.6) is 0 Å². The van der Waals surface area contributed by atoms with Crippen molar-refractivity contribution in [1.29, 1.82) is 0 Å². The van der Waals surface area contributed by atoms with E-state index >= 15 is 0 Å². The first kappa shape index (κ1) is 10.7. The summed E-state index contributed by atoms with van der Waals surface area (Å²) in [5.41, 5.74) is 0.597. The number of nitrogens with one attached hydrogen (secondary N) is 3. The van der Waals surface area contributed by atoms with Crippen LogP contribution in [0.25, 0.3) is 0 Å². The van der Waals surface area contributed by atoms with Gasteiger partial charge in [-0.3, -0.25) is 4.79 Å². The van der Waals surface area contributed by atoms with Gasteiger partial charge in [-0.2, -0.15) is 0 Å². The van der Waals surface area contributed by atoms with E-state index in [0.29, 0.717) is 18.3 Å². The number of hydrogen-bond donors (Lipinski definition) is 3. The van der Waals surface area contributed by atoms with Crippen LogP contribution < -0.4 is 10.6 Å². The Labute approximate surface area is 97.0 Å². The maximum atomic E-state index is 11.6. The quantitative estimate of drug-likeness (QED) is 0.776. The molecule has 4 nitrogen and oxygen atoms in total. The van der Waals surface area contributed by atoms with E-state index in [4.69, 9.17) is 0 Å². The highest BCUT2D eigenvalue weighted by Gasteiger charge is 2.15. The lowest BCUT2D eigenvalue weighted by Gasteiger charge is -2.10. The number of aromatic nitrogens is 1. The molecule has 1 aliphatic heterocycles. The zero-order valence-electron chi connectivity index (χ0n) is 8.35. The average molecular weight is 272 g/mol. The molecule has 82 valence electrons. The van der Waals surface area contributed by atoms with E-state index in [1.165, 1.54) is 6.42 Å². The van der Waals surface area contributed by atoms with Crippen LogP contribution in [0, 0.1) is 0 Å². The molecule has 1 aliphatic rings. The fourth-order valence-electron chi connectivity index (χ4n) is 1.74. The summed E-state index contributed by atoms with van der Waals surface area (Å²) in [4.78, 5) is 14.5. The average Bonchev–Trinajstić information content (AvgIpc) is 2.84. The third-order valence-electron chi connectivity index (χ3n) is 2.56. The van der Waals surface area contributed by atoms with Gasteiger partial charge < -0.3 is 15.6 Å². The molecule has 3 N–H and O–H groups in total. The third kappa shape index (κ3) is 2.82. The smallest absolute Gasteiger partial charge is 0.267 e. The van der Waals surface area contributed by atoms with Crippen molar-refractivity contribution in [3.8, 4) is 0 Å². The molecule has 0 aromatic carbocycles. The van der Waals surface area contributed by atoms with Crippen LogP contribution >= 0.6 is 15.9 Å². The minimum Gasteiger partial charge on any atom is -0.356 e. The Kier molecular flexibility index (Phi) is 3.43. The van der Waals surface area contributed by atoms with Gasteiger partial charge in [0.05, 0.1) is 0 Å². The molecule has 1 aromatic heterocycles. The van der Waals surface area contributed by atoms with E-state index in [2.05, 4.69) is 31.5 Å². The highest BCUT2D eigenvalue weighted by molar-refractivity contribution is 9.10. The number of carbonyl (C=O) groups is 1. The van der Waals surface area contributed by atoms with Gasteiger partial charge in [-0.15, -0.1) is 0 Å². The van der Waals surface area contributed by atoms with Gasteiger partial charge in [-0.25, -0.2) is 0 Å². The fraction of sp³-hybridized carbons (Fsp3) is 0.500. The van der Waals surface area contributed by atoms with Gasteiger partial charge in [0.25, 0.3) is 5.91 Å². The summed E-state index contributed by atoms with van der Waals surface area (Å²) in [5.74, 6) is -0.0469. The monoisotopic (exact) mass is 271 g/mol. The Bertz CT molecular complexity index is 344. The molecule has 5 heteroatoms. The van der Waals surface area contributed by atoms with Gasteiger partial charge in [0, 0.05) is 23.3 Å². The number of halogens is 1. The second-order valence-electron chi connectivity index (χ2n) is 3.73. The first-order valence-corrected chi connectivity index (χ1v) is 5.90. The summed E-state index contributed by atoms with van der Waals surface area (Å²) in [6.07, 6.45) is 4.10. The maximum Gasteiger partial charge on any atom is 0.267 e. The summed E-state index contributed by atoms with van der Waals surface area (Å²) in [6, 6.07) is 2.21. The molecule has 0 aliphatic carbocycles. The lowest BCUT2D eigenvalue weighted by Crippen LogP contribution is -2.37. The molecule has 1 amide bonds. The summed E-state index contributed by atoms with van der Waals surface area (Å²) in [5, 5.41) is 6.24. The van der Waals surface area contributed by atoms with Crippen LogP contribution in [0.2, 0.25) is 0 Å². The van der Waals surface area contributed by atoms with Crippen LogP contribution in [-0.2, 0) is 0 Å². The largest absolute Gasteiger partial charge is 0.356 e. The van der Waals surface area contributed by atoms with E-state index < -0.39 is 0 Å². The zero-order chi connectivity index (χ0) is 10.7. The third-order valence-corrected chi connectivity index (χ3v) is 3.02. The molecule has 1 fully saturated rings. The SMILES string of the molecule is O=C(NCC1CCCN1)c1cc(Br)c[nH]1. The lowest BCUT2D eigenvalue weighted by molar-refractivity contribution is 0.0946. The van der Waals surface area contributed by atoms with E-state index in [1.807, 2.05) is 0 Å². The van der Waals surface area contributed by atoms with Gasteiger partial charge in [-0.05, 0) is 41.4 Å². The summed E-state index contributed by atoms with van der Waals surface area (Å²) in [7, 11) is 0.